The minimum atomic E-state index is -4.66. The highest BCUT2D eigenvalue weighted by molar-refractivity contribution is 7.89. The highest BCUT2D eigenvalue weighted by Crippen LogP contribution is 2.29. The number of nitrogen functional groups attached to an aromatic ring is 1. The number of carbonyl (C=O) groups is 1. The molecule has 51 heavy (non-hydrogen) atoms. The Hall–Kier alpha value is -4.15. The molecule has 1 amide bonds. The number of aromatic nitrogens is 3. The fraction of sp³-hybridized carbons (Fsp3) is 0.472. The summed E-state index contributed by atoms with van der Waals surface area (Å²) in [4.78, 5) is 21.7. The molecule has 0 saturated heterocycles. The van der Waals surface area contributed by atoms with Crippen molar-refractivity contribution in [1.29, 1.82) is 0 Å². The van der Waals surface area contributed by atoms with Crippen LogP contribution in [0.15, 0.2) is 53.9 Å². The van der Waals surface area contributed by atoms with E-state index in [1.807, 2.05) is 18.2 Å². The van der Waals surface area contributed by atoms with E-state index < -0.39 is 10.2 Å². The molecular weight excluding hydrogens is 681 g/mol. The van der Waals surface area contributed by atoms with Gasteiger partial charge >= 0.3 is 10.2 Å². The monoisotopic (exact) mass is 729 g/mol. The fourth-order valence-electron chi connectivity index (χ4n) is 5.22. The second kappa shape index (κ2) is 21.3. The number of anilines is 1. The molecule has 2 aromatic heterocycles. The van der Waals surface area contributed by atoms with E-state index in [0.717, 1.165) is 72.5 Å². The number of hydrogen-bond donors (Lipinski definition) is 2. The smallest absolute Gasteiger partial charge is 0.325 e. The van der Waals surface area contributed by atoms with Gasteiger partial charge in [-0.2, -0.15) is 8.42 Å². The summed E-state index contributed by atoms with van der Waals surface area (Å²) in [6, 6.07) is 14.5. The maximum atomic E-state index is 12.5. The van der Waals surface area contributed by atoms with Gasteiger partial charge in [-0.25, -0.2) is 9.97 Å². The molecule has 0 unspecified atom stereocenters. The summed E-state index contributed by atoms with van der Waals surface area (Å²) in [6.45, 7) is 6.41. The number of hydrogen-bond acceptors (Lipinski definition) is 11. The minimum Gasteiger partial charge on any atom is -0.491 e. The van der Waals surface area contributed by atoms with Crippen LogP contribution in [0.3, 0.4) is 0 Å². The molecule has 13 nitrogen and oxygen atoms in total. The summed E-state index contributed by atoms with van der Waals surface area (Å²) >= 11 is 0. The number of pyridine rings is 1. The Balaban J connectivity index is 0.980. The number of nitrogens with zero attached hydrogens (tertiary/aromatic N) is 3. The van der Waals surface area contributed by atoms with Crippen LogP contribution in [0, 0.1) is 0 Å². The van der Waals surface area contributed by atoms with Crippen LogP contribution in [0.4, 0.5) is 9.70 Å². The lowest BCUT2D eigenvalue weighted by atomic mass is 10.2. The van der Waals surface area contributed by atoms with Crippen molar-refractivity contribution in [1.82, 2.24) is 19.9 Å². The van der Waals surface area contributed by atoms with Gasteiger partial charge < -0.3 is 39.3 Å². The first-order valence-electron chi connectivity index (χ1n) is 17.2. The zero-order chi connectivity index (χ0) is 36.3. The van der Waals surface area contributed by atoms with Crippen molar-refractivity contribution in [2.75, 3.05) is 71.7 Å². The van der Waals surface area contributed by atoms with E-state index >= 15 is 0 Å². The van der Waals surface area contributed by atoms with E-state index in [2.05, 4.69) is 27.9 Å². The van der Waals surface area contributed by atoms with Gasteiger partial charge in [0.15, 0.2) is 5.82 Å². The molecule has 2 aromatic carbocycles. The number of nitrogens with two attached hydrogens (primary N) is 1. The maximum Gasteiger partial charge on any atom is 0.325 e. The second-order valence-corrected chi connectivity index (χ2v) is 12.9. The SMILES string of the molecule is CCCCc1nc2c(N)nc3ccccc3c2n1CCCCNC(=O)COCCOCCOCCOCCOc1ccc(/C=C/S(=O)(=O)F)cc1. The molecule has 0 aliphatic rings. The van der Waals surface area contributed by atoms with Crippen LogP contribution in [0.2, 0.25) is 0 Å². The van der Waals surface area contributed by atoms with Crippen LogP contribution < -0.4 is 15.8 Å². The number of unbranched alkanes of at least 4 members (excludes halogenated alkanes) is 2. The average molecular weight is 730 g/mol. The van der Waals surface area contributed by atoms with Crippen molar-refractivity contribution in [3.63, 3.8) is 0 Å². The van der Waals surface area contributed by atoms with Crippen LogP contribution in [0.1, 0.15) is 44.0 Å². The minimum absolute atomic E-state index is 0.0258. The molecule has 15 heteroatoms. The topological polar surface area (TPSA) is 166 Å². The molecule has 0 saturated carbocycles. The zero-order valence-corrected chi connectivity index (χ0v) is 29.9. The zero-order valence-electron chi connectivity index (χ0n) is 29.1. The Bertz CT molecular complexity index is 1800. The van der Waals surface area contributed by atoms with Crippen LogP contribution in [0.25, 0.3) is 28.0 Å². The summed E-state index contributed by atoms with van der Waals surface area (Å²) in [5.41, 5.74) is 9.47. The number of ether oxygens (including phenoxy) is 5. The Morgan fingerprint density at radius 3 is 2.24 bits per heavy atom. The number of amides is 1. The third-order valence-electron chi connectivity index (χ3n) is 7.72. The lowest BCUT2D eigenvalue weighted by molar-refractivity contribution is -0.126. The molecule has 3 N–H and O–H groups in total. The summed E-state index contributed by atoms with van der Waals surface area (Å²) in [6.07, 6.45) is 5.85. The molecular formula is C36H48FN5O8S. The molecule has 0 radical (unpaired) electrons. The first-order chi connectivity index (χ1) is 24.7. The number of benzene rings is 2. The largest absolute Gasteiger partial charge is 0.491 e. The third kappa shape index (κ3) is 13.8. The van der Waals surface area contributed by atoms with Crippen molar-refractivity contribution in [2.45, 2.75) is 45.6 Å². The van der Waals surface area contributed by atoms with Gasteiger partial charge in [0.25, 0.3) is 0 Å². The molecule has 0 bridgehead atoms. The van der Waals surface area contributed by atoms with Crippen molar-refractivity contribution >= 4 is 50.0 Å². The Labute approximate surface area is 298 Å². The standard InChI is InChI=1S/C36H48FN5O8S/c1-2-3-10-32-41-34-35(30-8-4-5-9-31(30)40-36(34)38)42(32)17-7-6-16-39-33(43)27-49-23-22-47-19-18-46-20-21-48-24-25-50-29-13-11-28(12-14-29)15-26-51(37,44)45/h4-5,8-9,11-15,26H,2-3,6-7,10,16-25,27H2,1H3,(H2,38,40)(H,39,43)/b26-15+. The average Bonchev–Trinajstić information content (AvgIpc) is 3.49. The van der Waals surface area contributed by atoms with Crippen LogP contribution in [-0.4, -0.2) is 94.9 Å². The van der Waals surface area contributed by atoms with Gasteiger partial charge in [-0.3, -0.25) is 4.79 Å². The summed E-state index contributed by atoms with van der Waals surface area (Å²) in [5, 5.41) is 4.46. The molecule has 0 atom stereocenters. The molecule has 2 heterocycles. The predicted octanol–water partition coefficient (Wildman–Crippen LogP) is 4.82. The van der Waals surface area contributed by atoms with E-state index in [0.29, 0.717) is 81.9 Å². The van der Waals surface area contributed by atoms with E-state index in [9.17, 15) is 17.1 Å². The number of rotatable bonds is 25. The third-order valence-corrected chi connectivity index (χ3v) is 8.18. The number of imidazole rings is 1. The van der Waals surface area contributed by atoms with Gasteiger partial charge in [0.1, 0.15) is 30.3 Å². The highest BCUT2D eigenvalue weighted by Gasteiger charge is 2.17. The number of para-hydroxylation sites is 1. The van der Waals surface area contributed by atoms with Gasteiger partial charge in [0.2, 0.25) is 5.91 Å². The van der Waals surface area contributed by atoms with E-state index in [1.54, 1.807) is 24.3 Å². The van der Waals surface area contributed by atoms with Crippen molar-refractivity contribution in [3.05, 3.63) is 65.3 Å². The van der Waals surface area contributed by atoms with Crippen LogP contribution in [0.5, 0.6) is 5.75 Å². The molecule has 0 fully saturated rings. The summed E-state index contributed by atoms with van der Waals surface area (Å²) < 4.78 is 63.3. The Kier molecular flexibility index (Phi) is 16.5. The molecule has 4 aromatic rings. The van der Waals surface area contributed by atoms with E-state index in [1.165, 1.54) is 0 Å². The molecule has 278 valence electrons. The lowest BCUT2D eigenvalue weighted by Crippen LogP contribution is -2.29. The lowest BCUT2D eigenvalue weighted by Gasteiger charge is -2.11. The quantitative estimate of drug-likeness (QED) is 0.0710. The van der Waals surface area contributed by atoms with Gasteiger partial charge in [0, 0.05) is 24.9 Å². The molecule has 0 aliphatic carbocycles. The second-order valence-electron chi connectivity index (χ2n) is 11.6. The van der Waals surface area contributed by atoms with Gasteiger partial charge in [-0.05, 0) is 49.1 Å². The number of halogens is 1. The first kappa shape index (κ1) is 39.6. The van der Waals surface area contributed by atoms with Crippen molar-refractivity contribution in [3.8, 4) is 5.75 Å². The predicted molar refractivity (Wildman–Crippen MR) is 195 cm³/mol. The van der Waals surface area contributed by atoms with Crippen molar-refractivity contribution < 1.29 is 40.8 Å². The van der Waals surface area contributed by atoms with Gasteiger partial charge in [-0.15, -0.1) is 3.89 Å². The Morgan fingerprint density at radius 2 is 1.55 bits per heavy atom. The van der Waals surface area contributed by atoms with Crippen LogP contribution >= 0.6 is 0 Å². The highest BCUT2D eigenvalue weighted by atomic mass is 32.3. The fourth-order valence-corrected chi connectivity index (χ4v) is 5.54. The summed E-state index contributed by atoms with van der Waals surface area (Å²) in [5.74, 6) is 1.89. The van der Waals surface area contributed by atoms with Crippen molar-refractivity contribution in [2.24, 2.45) is 0 Å². The summed E-state index contributed by atoms with van der Waals surface area (Å²) in [7, 11) is -4.66. The Morgan fingerprint density at radius 1 is 0.882 bits per heavy atom. The molecule has 0 spiro atoms. The van der Waals surface area contributed by atoms with E-state index in [4.69, 9.17) is 34.4 Å². The first-order valence-corrected chi connectivity index (χ1v) is 18.7. The number of fused-ring (bicyclic) bond motifs is 3. The van der Waals surface area contributed by atoms with Crippen LogP contribution in [-0.2, 0) is 46.9 Å². The van der Waals surface area contributed by atoms with E-state index in [-0.39, 0.29) is 12.5 Å². The van der Waals surface area contributed by atoms with Gasteiger partial charge in [-0.1, -0.05) is 43.7 Å². The molecule has 0 aliphatic heterocycles. The maximum absolute atomic E-state index is 12.5. The van der Waals surface area contributed by atoms with Gasteiger partial charge in [0.05, 0.1) is 62.7 Å². The number of nitrogens with one attached hydrogen (secondary N) is 1. The normalized spacial score (nSPS) is 12.0. The number of aryl methyl sites for hydroxylation is 2. The number of carbonyl (C=O) groups excluding carboxylic acids is 1. The molecule has 4 rings (SSSR count).